The van der Waals surface area contributed by atoms with E-state index in [1.807, 2.05) is 6.07 Å². The van der Waals surface area contributed by atoms with E-state index >= 15 is 0 Å². The van der Waals surface area contributed by atoms with Crippen LogP contribution in [0.25, 0.3) is 0 Å². The second kappa shape index (κ2) is 5.38. The minimum atomic E-state index is -0.842. The van der Waals surface area contributed by atoms with E-state index in [2.05, 4.69) is 11.1 Å². The maximum absolute atomic E-state index is 13.7. The molecule has 0 amide bonds. The highest BCUT2D eigenvalue weighted by Gasteiger charge is 2.49. The normalized spacial score (nSPS) is 23.2. The summed E-state index contributed by atoms with van der Waals surface area (Å²) in [6, 6.07) is 8.02. The molecule has 2 aromatic rings. The largest absolute Gasteiger partial charge is 0.392 e. The molecule has 2 aliphatic rings. The Hall–Kier alpha value is -1.81. The van der Waals surface area contributed by atoms with E-state index in [1.54, 1.807) is 12.3 Å². The van der Waals surface area contributed by atoms with Crippen LogP contribution < -0.4 is 0 Å². The molecule has 2 nitrogen and oxygen atoms in total. The molecule has 4 heteroatoms. The number of hydrogen-bond acceptors (Lipinski definition) is 2. The third-order valence-corrected chi connectivity index (χ3v) is 5.69. The molecule has 0 saturated heterocycles. The van der Waals surface area contributed by atoms with Gasteiger partial charge < -0.3 is 5.11 Å². The van der Waals surface area contributed by atoms with Gasteiger partial charge in [-0.15, -0.1) is 0 Å². The van der Waals surface area contributed by atoms with Crippen LogP contribution in [0.2, 0.25) is 0 Å². The van der Waals surface area contributed by atoms with E-state index in [4.69, 9.17) is 0 Å². The third-order valence-electron chi connectivity index (χ3n) is 5.69. The van der Waals surface area contributed by atoms with Crippen LogP contribution >= 0.6 is 0 Å². The van der Waals surface area contributed by atoms with Crippen LogP contribution in [0.4, 0.5) is 8.78 Å². The summed E-state index contributed by atoms with van der Waals surface area (Å²) in [6.07, 6.45) is 5.53. The fourth-order valence-corrected chi connectivity index (χ4v) is 4.26. The van der Waals surface area contributed by atoms with Gasteiger partial charge in [-0.25, -0.2) is 8.78 Å². The number of aromatic nitrogens is 1. The Labute approximate surface area is 134 Å². The first-order chi connectivity index (χ1) is 11.1. The molecule has 1 fully saturated rings. The van der Waals surface area contributed by atoms with Crippen LogP contribution in [0.5, 0.6) is 0 Å². The highest BCUT2D eigenvalue weighted by Crippen LogP contribution is 2.52. The van der Waals surface area contributed by atoms with Crippen LogP contribution in [-0.4, -0.2) is 16.2 Å². The molecule has 4 rings (SSSR count). The van der Waals surface area contributed by atoms with Gasteiger partial charge in [0.15, 0.2) is 11.6 Å². The lowest BCUT2D eigenvalue weighted by molar-refractivity contribution is 0.00741. The topological polar surface area (TPSA) is 33.1 Å². The van der Waals surface area contributed by atoms with Crippen LogP contribution in [0, 0.1) is 11.6 Å². The Bertz CT molecular complexity index is 742. The Kier molecular flexibility index (Phi) is 3.45. The SMILES string of the molecule is OC(C1CCc2cccnc21)C1(c2ccc(F)c(F)c2)CCC1. The van der Waals surface area contributed by atoms with Crippen molar-refractivity contribution in [3.8, 4) is 0 Å². The summed E-state index contributed by atoms with van der Waals surface area (Å²) in [5.74, 6) is -1.71. The minimum absolute atomic E-state index is 0.0281. The average molecular weight is 315 g/mol. The molecule has 1 aromatic heterocycles. The number of halogens is 2. The van der Waals surface area contributed by atoms with Crippen molar-refractivity contribution in [2.75, 3.05) is 0 Å². The van der Waals surface area contributed by atoms with Gasteiger partial charge in [0.2, 0.25) is 0 Å². The first-order valence-corrected chi connectivity index (χ1v) is 8.19. The molecule has 23 heavy (non-hydrogen) atoms. The van der Waals surface area contributed by atoms with Gasteiger partial charge in [0.05, 0.1) is 6.10 Å². The van der Waals surface area contributed by atoms with Crippen molar-refractivity contribution in [1.29, 1.82) is 0 Å². The minimum Gasteiger partial charge on any atom is -0.392 e. The third kappa shape index (κ3) is 2.19. The molecule has 1 aromatic carbocycles. The predicted octanol–water partition coefficient (Wildman–Crippen LogP) is 3.87. The smallest absolute Gasteiger partial charge is 0.159 e. The second-order valence-electron chi connectivity index (χ2n) is 6.78. The average Bonchev–Trinajstić information content (AvgIpc) is 2.93. The van der Waals surface area contributed by atoms with Crippen molar-refractivity contribution in [3.63, 3.8) is 0 Å². The molecule has 2 atom stereocenters. The van der Waals surface area contributed by atoms with E-state index in [1.165, 1.54) is 11.6 Å². The highest BCUT2D eigenvalue weighted by atomic mass is 19.2. The van der Waals surface area contributed by atoms with Gasteiger partial charge in [0.25, 0.3) is 0 Å². The van der Waals surface area contributed by atoms with Crippen molar-refractivity contribution in [2.24, 2.45) is 0 Å². The Balaban J connectivity index is 1.71. The summed E-state index contributed by atoms with van der Waals surface area (Å²) in [6.45, 7) is 0. The fraction of sp³-hybridized carbons (Fsp3) is 0.421. The molecular formula is C19H19F2NO. The van der Waals surface area contributed by atoms with Crippen LogP contribution in [0.3, 0.4) is 0 Å². The van der Waals surface area contributed by atoms with Gasteiger partial charge in [-0.2, -0.15) is 0 Å². The Morgan fingerprint density at radius 1 is 1.17 bits per heavy atom. The van der Waals surface area contributed by atoms with Crippen LogP contribution in [0.15, 0.2) is 36.5 Å². The lowest BCUT2D eigenvalue weighted by Crippen LogP contribution is -2.48. The molecule has 2 unspecified atom stereocenters. The molecular weight excluding hydrogens is 296 g/mol. The number of aliphatic hydroxyl groups is 1. The van der Waals surface area contributed by atoms with E-state index < -0.39 is 23.2 Å². The van der Waals surface area contributed by atoms with Gasteiger partial charge in [-0.1, -0.05) is 18.6 Å². The van der Waals surface area contributed by atoms with Gasteiger partial charge in [-0.05, 0) is 55.0 Å². The number of pyridine rings is 1. The number of fused-ring (bicyclic) bond motifs is 1. The van der Waals surface area contributed by atoms with Crippen molar-refractivity contribution < 1.29 is 13.9 Å². The molecule has 120 valence electrons. The molecule has 2 aliphatic carbocycles. The van der Waals surface area contributed by atoms with Crippen molar-refractivity contribution in [2.45, 2.75) is 49.5 Å². The fourth-order valence-electron chi connectivity index (χ4n) is 4.26. The summed E-state index contributed by atoms with van der Waals surface area (Å²) in [4.78, 5) is 4.46. The molecule has 0 radical (unpaired) electrons. The van der Waals surface area contributed by atoms with E-state index in [9.17, 15) is 13.9 Å². The van der Waals surface area contributed by atoms with Crippen LogP contribution in [0.1, 0.15) is 48.4 Å². The molecule has 1 N–H and O–H groups in total. The number of nitrogens with zero attached hydrogens (tertiary/aromatic N) is 1. The van der Waals surface area contributed by atoms with Crippen LogP contribution in [-0.2, 0) is 11.8 Å². The molecule has 0 aliphatic heterocycles. The van der Waals surface area contributed by atoms with Gasteiger partial charge in [-0.3, -0.25) is 4.98 Å². The number of hydrogen-bond donors (Lipinski definition) is 1. The monoisotopic (exact) mass is 315 g/mol. The lowest BCUT2D eigenvalue weighted by Gasteiger charge is -2.48. The Morgan fingerprint density at radius 2 is 2.00 bits per heavy atom. The predicted molar refractivity (Wildman–Crippen MR) is 83.2 cm³/mol. The maximum atomic E-state index is 13.7. The Morgan fingerprint density at radius 3 is 2.70 bits per heavy atom. The molecule has 1 saturated carbocycles. The lowest BCUT2D eigenvalue weighted by atomic mass is 9.58. The zero-order valence-corrected chi connectivity index (χ0v) is 12.8. The van der Waals surface area contributed by atoms with E-state index in [0.29, 0.717) is 5.56 Å². The van der Waals surface area contributed by atoms with E-state index in [0.717, 1.165) is 43.9 Å². The first-order valence-electron chi connectivity index (χ1n) is 8.19. The zero-order valence-electron chi connectivity index (χ0n) is 12.8. The summed E-state index contributed by atoms with van der Waals surface area (Å²) >= 11 is 0. The van der Waals surface area contributed by atoms with Gasteiger partial charge in [0, 0.05) is 23.2 Å². The summed E-state index contributed by atoms with van der Waals surface area (Å²) in [7, 11) is 0. The number of aryl methyl sites for hydroxylation is 1. The number of benzene rings is 1. The maximum Gasteiger partial charge on any atom is 0.159 e. The number of rotatable bonds is 3. The number of aliphatic hydroxyl groups excluding tert-OH is 1. The second-order valence-corrected chi connectivity index (χ2v) is 6.78. The first kappa shape index (κ1) is 14.8. The summed E-state index contributed by atoms with van der Waals surface area (Å²) in [5, 5.41) is 11.1. The summed E-state index contributed by atoms with van der Waals surface area (Å²) in [5.41, 5.74) is 2.39. The molecule has 1 heterocycles. The van der Waals surface area contributed by atoms with Crippen molar-refractivity contribution in [1.82, 2.24) is 4.98 Å². The van der Waals surface area contributed by atoms with Crippen molar-refractivity contribution in [3.05, 3.63) is 65.0 Å². The van der Waals surface area contributed by atoms with Gasteiger partial charge in [0.1, 0.15) is 0 Å². The standard InChI is InChI=1S/C19H19F2NO/c20-15-7-5-13(11-16(15)21)19(8-2-9-19)18(23)14-6-4-12-3-1-10-22-17(12)14/h1,3,5,7,10-11,14,18,23H,2,4,6,8-9H2. The molecule has 0 bridgehead atoms. The van der Waals surface area contributed by atoms with Gasteiger partial charge >= 0.3 is 0 Å². The van der Waals surface area contributed by atoms with Crippen molar-refractivity contribution >= 4 is 0 Å². The summed E-state index contributed by atoms with van der Waals surface area (Å²) < 4.78 is 26.9. The zero-order chi connectivity index (χ0) is 16.0. The quantitative estimate of drug-likeness (QED) is 0.932. The van der Waals surface area contributed by atoms with E-state index in [-0.39, 0.29) is 5.92 Å². The molecule has 0 spiro atoms. The highest BCUT2D eigenvalue weighted by molar-refractivity contribution is 5.36.